The Morgan fingerprint density at radius 3 is 0.694 bits per heavy atom. The normalized spacial score (nSPS) is 11.7. The molecule has 0 heterocycles. The maximum atomic E-state index is 2.45. The summed E-state index contributed by atoms with van der Waals surface area (Å²) in [6, 6.07) is 0. The average Bonchev–Trinajstić information content (AvgIpc) is 2.85. The van der Waals surface area contributed by atoms with Crippen LogP contribution in [0, 0.1) is 0 Å². The van der Waals surface area contributed by atoms with Crippen LogP contribution >= 0.6 is 7.26 Å². The number of hydrogen-bond donors (Lipinski definition) is 0. The van der Waals surface area contributed by atoms with E-state index >= 15 is 0 Å². The van der Waals surface area contributed by atoms with Crippen molar-refractivity contribution in [3.63, 3.8) is 0 Å². The van der Waals surface area contributed by atoms with Gasteiger partial charge < -0.3 is 24.0 Å². The molecule has 2 heteroatoms. The summed E-state index contributed by atoms with van der Waals surface area (Å²) >= 11 is 0. The van der Waals surface area contributed by atoms with Gasteiger partial charge in [0.15, 0.2) is 0 Å². The molecule has 220 valence electrons. The summed E-state index contributed by atoms with van der Waals surface area (Å²) in [5.41, 5.74) is 0. The molecule has 0 amide bonds. The highest BCUT2D eigenvalue weighted by Crippen LogP contribution is 2.61. The first kappa shape index (κ1) is 39.3. The molecule has 0 unspecified atom stereocenters. The number of unbranched alkanes of at least 4 members (excludes halogenated alkanes) is 22. The van der Waals surface area contributed by atoms with Gasteiger partial charge in [0.25, 0.3) is 0 Å². The third-order valence-electron chi connectivity index (χ3n) is 8.37. The molecule has 0 nitrogen and oxygen atoms in total. The predicted octanol–water partition coefficient (Wildman–Crippen LogP) is 10.2. The van der Waals surface area contributed by atoms with Crippen LogP contribution in [0.25, 0.3) is 0 Å². The van der Waals surface area contributed by atoms with Crippen molar-refractivity contribution in [1.29, 1.82) is 0 Å². The molecule has 0 atom stereocenters. The fraction of sp³-hybridized carbons (Fsp3) is 1.00. The van der Waals surface area contributed by atoms with Crippen molar-refractivity contribution >= 4 is 7.26 Å². The SMILES string of the molecule is CCCCCCCCCCCCCC[P+](CCC)(CCC)CCCCCCCCCCCCCC.[I-]. The van der Waals surface area contributed by atoms with Crippen molar-refractivity contribution in [2.24, 2.45) is 0 Å². The van der Waals surface area contributed by atoms with E-state index in [0.29, 0.717) is 0 Å². The van der Waals surface area contributed by atoms with Crippen LogP contribution in [0.5, 0.6) is 0 Å². The van der Waals surface area contributed by atoms with Gasteiger partial charge in [0.05, 0.1) is 24.6 Å². The van der Waals surface area contributed by atoms with Gasteiger partial charge in [-0.3, -0.25) is 0 Å². The van der Waals surface area contributed by atoms with E-state index in [2.05, 4.69) is 27.7 Å². The third-order valence-corrected chi connectivity index (χ3v) is 13.7. The summed E-state index contributed by atoms with van der Waals surface area (Å²) in [7, 11) is -0.656. The average molecular weight is 639 g/mol. The van der Waals surface area contributed by atoms with Crippen molar-refractivity contribution in [1.82, 2.24) is 0 Å². The molecule has 0 aromatic carbocycles. The van der Waals surface area contributed by atoms with E-state index < -0.39 is 7.26 Å². The molecule has 0 rings (SSSR count). The van der Waals surface area contributed by atoms with Crippen LogP contribution in [0.1, 0.15) is 195 Å². The Balaban J connectivity index is 0. The van der Waals surface area contributed by atoms with E-state index in [-0.39, 0.29) is 24.0 Å². The Kier molecular flexibility index (Phi) is 35.3. The zero-order valence-corrected chi connectivity index (χ0v) is 29.1. The maximum Gasteiger partial charge on any atom is 0.0594 e. The molecule has 0 aromatic heterocycles. The lowest BCUT2D eigenvalue weighted by Gasteiger charge is -2.27. The largest absolute Gasteiger partial charge is 1.00 e. The van der Waals surface area contributed by atoms with E-state index in [9.17, 15) is 0 Å². The van der Waals surface area contributed by atoms with Crippen LogP contribution in [0.3, 0.4) is 0 Å². The van der Waals surface area contributed by atoms with E-state index in [0.717, 1.165) is 0 Å². The summed E-state index contributed by atoms with van der Waals surface area (Å²) in [6.45, 7) is 9.54. The number of hydrogen-bond acceptors (Lipinski definition) is 0. The zero-order valence-electron chi connectivity index (χ0n) is 26.0. The van der Waals surface area contributed by atoms with Crippen molar-refractivity contribution in [3.05, 3.63) is 0 Å². The molecule has 0 bridgehead atoms. The second kappa shape index (κ2) is 32.4. The molecule has 0 aliphatic rings. The van der Waals surface area contributed by atoms with E-state index in [1.54, 1.807) is 37.5 Å². The molecule has 0 aliphatic carbocycles. The van der Waals surface area contributed by atoms with Crippen LogP contribution in [-0.4, -0.2) is 24.6 Å². The van der Waals surface area contributed by atoms with E-state index in [1.807, 2.05) is 0 Å². The van der Waals surface area contributed by atoms with Gasteiger partial charge in [-0.25, -0.2) is 0 Å². The molecule has 0 radical (unpaired) electrons. The third kappa shape index (κ3) is 26.8. The van der Waals surface area contributed by atoms with Gasteiger partial charge in [0, 0.05) is 7.26 Å². The Morgan fingerprint density at radius 1 is 0.250 bits per heavy atom. The zero-order chi connectivity index (χ0) is 25.7. The molecule has 0 spiro atoms. The summed E-state index contributed by atoms with van der Waals surface area (Å²) < 4.78 is 0. The molecule has 36 heavy (non-hydrogen) atoms. The van der Waals surface area contributed by atoms with E-state index in [1.165, 1.54) is 154 Å². The highest BCUT2D eigenvalue weighted by atomic mass is 127. The molecule has 0 aromatic rings. The lowest BCUT2D eigenvalue weighted by molar-refractivity contribution is -0.00000800. The van der Waals surface area contributed by atoms with Crippen molar-refractivity contribution in [2.45, 2.75) is 195 Å². The molecular weight excluding hydrogens is 566 g/mol. The molecule has 0 saturated carbocycles. The molecule has 0 N–H and O–H groups in total. The van der Waals surface area contributed by atoms with Gasteiger partial charge >= 0.3 is 0 Å². The Morgan fingerprint density at radius 2 is 0.472 bits per heavy atom. The first-order valence-electron chi connectivity index (χ1n) is 17.1. The standard InChI is InChI=1S/C34H72P.HI/c1-5-9-11-13-15-17-19-21-23-25-27-29-33-35(31-7-3,32-8-4)34-30-28-26-24-22-20-18-16-14-12-10-6-2;/h5-34H2,1-4H3;1H/q+1;/p-1. The van der Waals surface area contributed by atoms with Crippen molar-refractivity contribution in [2.75, 3.05) is 24.6 Å². The van der Waals surface area contributed by atoms with Gasteiger partial charge in [-0.2, -0.15) is 0 Å². The fourth-order valence-electron chi connectivity index (χ4n) is 6.20. The minimum Gasteiger partial charge on any atom is -1.00 e. The maximum absolute atomic E-state index is 2.45. The topological polar surface area (TPSA) is 0 Å². The highest BCUT2D eigenvalue weighted by Gasteiger charge is 2.33. The summed E-state index contributed by atoms with van der Waals surface area (Å²) in [5, 5.41) is 0. The second-order valence-corrected chi connectivity index (χ2v) is 16.5. The second-order valence-electron chi connectivity index (χ2n) is 12.0. The Bertz CT molecular complexity index is 347. The van der Waals surface area contributed by atoms with Gasteiger partial charge in [-0.15, -0.1) is 0 Å². The van der Waals surface area contributed by atoms with E-state index in [4.69, 9.17) is 0 Å². The lowest BCUT2D eigenvalue weighted by atomic mass is 10.1. The minimum atomic E-state index is -0.656. The first-order chi connectivity index (χ1) is 17.2. The van der Waals surface area contributed by atoms with Crippen LogP contribution in [0.15, 0.2) is 0 Å². The molecular formula is C34H72IP. The van der Waals surface area contributed by atoms with Gasteiger partial charge in [-0.1, -0.05) is 156 Å². The first-order valence-corrected chi connectivity index (χ1v) is 19.6. The summed E-state index contributed by atoms with van der Waals surface area (Å²) in [5.74, 6) is 0. The Hall–Kier alpha value is 1.16. The predicted molar refractivity (Wildman–Crippen MR) is 169 cm³/mol. The van der Waals surface area contributed by atoms with Crippen LogP contribution in [0.2, 0.25) is 0 Å². The summed E-state index contributed by atoms with van der Waals surface area (Å²) in [4.78, 5) is 0. The molecule has 0 saturated heterocycles. The van der Waals surface area contributed by atoms with Crippen LogP contribution in [-0.2, 0) is 0 Å². The Labute approximate surface area is 249 Å². The van der Waals surface area contributed by atoms with Gasteiger partial charge in [0.1, 0.15) is 0 Å². The molecule has 0 aliphatic heterocycles. The minimum absolute atomic E-state index is 0. The smallest absolute Gasteiger partial charge is 0.0594 e. The number of halogens is 1. The highest BCUT2D eigenvalue weighted by molar-refractivity contribution is 7.75. The number of rotatable bonds is 30. The fourth-order valence-corrected chi connectivity index (χ4v) is 11.2. The van der Waals surface area contributed by atoms with Crippen LogP contribution < -0.4 is 24.0 Å². The monoisotopic (exact) mass is 638 g/mol. The summed E-state index contributed by atoms with van der Waals surface area (Å²) in [6.07, 6.45) is 44.9. The van der Waals surface area contributed by atoms with Gasteiger partial charge in [0.2, 0.25) is 0 Å². The van der Waals surface area contributed by atoms with Crippen molar-refractivity contribution < 1.29 is 24.0 Å². The lowest BCUT2D eigenvalue weighted by Crippen LogP contribution is -3.00. The van der Waals surface area contributed by atoms with Crippen molar-refractivity contribution in [3.8, 4) is 0 Å². The van der Waals surface area contributed by atoms with Gasteiger partial charge in [-0.05, 0) is 38.5 Å². The quantitative estimate of drug-likeness (QED) is 0.0417. The van der Waals surface area contributed by atoms with Crippen LogP contribution in [0.4, 0.5) is 0 Å². The molecule has 0 fully saturated rings.